The highest BCUT2D eigenvalue weighted by atomic mass is 32.2. The normalized spacial score (nSPS) is 23.7. The summed E-state index contributed by atoms with van der Waals surface area (Å²) >= 11 is 1.74. The lowest BCUT2D eigenvalue weighted by Crippen LogP contribution is -2.41. The molecule has 21 heavy (non-hydrogen) atoms. The second-order valence-electron chi connectivity index (χ2n) is 4.81. The summed E-state index contributed by atoms with van der Waals surface area (Å²) < 4.78 is 15.8. The first kappa shape index (κ1) is 14.1. The van der Waals surface area contributed by atoms with Crippen molar-refractivity contribution >= 4 is 23.7 Å². The summed E-state index contributed by atoms with van der Waals surface area (Å²) in [5.41, 5.74) is 0.457. The lowest BCUT2D eigenvalue weighted by atomic mass is 10.1. The number of benzene rings is 1. The van der Waals surface area contributed by atoms with E-state index in [0.717, 1.165) is 11.5 Å². The van der Waals surface area contributed by atoms with E-state index in [1.54, 1.807) is 37.1 Å². The van der Waals surface area contributed by atoms with Gasteiger partial charge in [-0.05, 0) is 18.2 Å². The summed E-state index contributed by atoms with van der Waals surface area (Å²) in [5.74, 6) is 2.44. The average Bonchev–Trinajstić information content (AvgIpc) is 3.05. The highest BCUT2D eigenvalue weighted by Gasteiger charge is 2.46. The molecule has 1 amide bonds. The number of rotatable bonds is 3. The highest BCUT2D eigenvalue weighted by molar-refractivity contribution is 7.99. The number of carbonyl (C=O) groups is 1. The topological polar surface area (TPSA) is 71.9 Å². The van der Waals surface area contributed by atoms with E-state index >= 15 is 0 Å². The predicted molar refractivity (Wildman–Crippen MR) is 79.4 cm³/mol. The molecule has 0 saturated carbocycles. The second-order valence-corrected chi connectivity index (χ2v) is 5.89. The van der Waals surface area contributed by atoms with Crippen molar-refractivity contribution in [3.05, 3.63) is 23.8 Å². The first-order valence-electron chi connectivity index (χ1n) is 6.54. The van der Waals surface area contributed by atoms with Gasteiger partial charge in [-0.1, -0.05) is 0 Å². The maximum Gasteiger partial charge on any atom is 0.292 e. The van der Waals surface area contributed by atoms with E-state index in [-0.39, 0.29) is 24.1 Å². The Bertz CT molecular complexity index is 592. The predicted octanol–water partition coefficient (Wildman–Crippen LogP) is 1.59. The third kappa shape index (κ3) is 2.31. The van der Waals surface area contributed by atoms with Gasteiger partial charge in [-0.3, -0.25) is 15.1 Å². The molecule has 2 fully saturated rings. The van der Waals surface area contributed by atoms with Crippen LogP contribution >= 0.6 is 11.8 Å². The molecule has 3 rings (SSSR count). The Balaban J connectivity index is 1.89. The summed E-state index contributed by atoms with van der Waals surface area (Å²) in [6, 6.07) is 4.87. The number of methoxy groups -OCH3 is 2. The average molecular weight is 308 g/mol. The number of hydrogen-bond donors (Lipinski definition) is 1. The molecule has 1 aromatic rings. The molecule has 6 nitrogen and oxygen atoms in total. The van der Waals surface area contributed by atoms with Crippen LogP contribution in [0.15, 0.2) is 18.2 Å². The van der Waals surface area contributed by atoms with Gasteiger partial charge in [0.05, 0.1) is 20.3 Å². The number of carbonyl (C=O) groups excluding carboxylic acids is 1. The van der Waals surface area contributed by atoms with Crippen LogP contribution in [0, 0.1) is 5.41 Å². The zero-order valence-corrected chi connectivity index (χ0v) is 12.6. The SMILES string of the molecule is COc1ccc(C(=O)N2C(=N)O[C@H]3CSC[C@@H]32)cc1OC. The van der Waals surface area contributed by atoms with Crippen LogP contribution in [0.1, 0.15) is 10.4 Å². The van der Waals surface area contributed by atoms with E-state index in [1.165, 1.54) is 12.0 Å². The Labute approximate surface area is 126 Å². The monoisotopic (exact) mass is 308 g/mol. The molecule has 0 unspecified atom stereocenters. The smallest absolute Gasteiger partial charge is 0.292 e. The number of nitrogens with zero attached hydrogens (tertiary/aromatic N) is 1. The summed E-state index contributed by atoms with van der Waals surface area (Å²) in [5, 5.41) is 7.88. The zero-order valence-electron chi connectivity index (χ0n) is 11.8. The molecule has 0 radical (unpaired) electrons. The molecule has 2 saturated heterocycles. The number of ether oxygens (including phenoxy) is 3. The van der Waals surface area contributed by atoms with Crippen LogP contribution in [0.2, 0.25) is 0 Å². The third-order valence-corrected chi connectivity index (χ3v) is 4.80. The van der Waals surface area contributed by atoms with E-state index in [9.17, 15) is 4.79 Å². The third-order valence-electron chi connectivity index (χ3n) is 3.66. The molecule has 2 heterocycles. The van der Waals surface area contributed by atoms with Crippen LogP contribution in [0.4, 0.5) is 0 Å². The summed E-state index contributed by atoms with van der Waals surface area (Å²) in [6.45, 7) is 0. The van der Waals surface area contributed by atoms with Gasteiger partial charge in [0.2, 0.25) is 0 Å². The summed E-state index contributed by atoms with van der Waals surface area (Å²) in [4.78, 5) is 14.1. The van der Waals surface area contributed by atoms with E-state index in [2.05, 4.69) is 0 Å². The van der Waals surface area contributed by atoms with E-state index in [4.69, 9.17) is 19.6 Å². The van der Waals surface area contributed by atoms with E-state index in [1.807, 2.05) is 0 Å². The van der Waals surface area contributed by atoms with Gasteiger partial charge in [0.15, 0.2) is 11.5 Å². The Morgan fingerprint density at radius 2 is 2.10 bits per heavy atom. The summed E-state index contributed by atoms with van der Waals surface area (Å²) in [7, 11) is 3.07. The largest absolute Gasteiger partial charge is 0.493 e. The minimum atomic E-state index is -0.240. The molecule has 0 aromatic heterocycles. The van der Waals surface area contributed by atoms with Crippen molar-refractivity contribution < 1.29 is 19.0 Å². The Kier molecular flexibility index (Phi) is 3.67. The molecule has 7 heteroatoms. The van der Waals surface area contributed by atoms with Crippen molar-refractivity contribution in [2.24, 2.45) is 0 Å². The van der Waals surface area contributed by atoms with Gasteiger partial charge in [-0.15, -0.1) is 0 Å². The van der Waals surface area contributed by atoms with Crippen molar-refractivity contribution in [3.8, 4) is 11.5 Å². The fourth-order valence-corrected chi connectivity index (χ4v) is 3.84. The Morgan fingerprint density at radius 1 is 1.33 bits per heavy atom. The molecule has 0 aliphatic carbocycles. The fourth-order valence-electron chi connectivity index (χ4n) is 2.58. The molecule has 2 aliphatic heterocycles. The molecule has 1 N–H and O–H groups in total. The lowest BCUT2D eigenvalue weighted by Gasteiger charge is -2.19. The molecular weight excluding hydrogens is 292 g/mol. The zero-order chi connectivity index (χ0) is 15.0. The van der Waals surface area contributed by atoms with Crippen molar-refractivity contribution in [2.75, 3.05) is 25.7 Å². The van der Waals surface area contributed by atoms with Crippen LogP contribution in [0.5, 0.6) is 11.5 Å². The van der Waals surface area contributed by atoms with Crippen molar-refractivity contribution in [2.45, 2.75) is 12.1 Å². The van der Waals surface area contributed by atoms with Gasteiger partial charge in [0, 0.05) is 17.1 Å². The van der Waals surface area contributed by atoms with E-state index in [0.29, 0.717) is 17.1 Å². The lowest BCUT2D eigenvalue weighted by molar-refractivity contribution is 0.0823. The standard InChI is InChI=1S/C14H16N2O4S/c1-18-10-4-3-8(5-11(10)19-2)13(17)16-9-6-21-7-12(9)20-14(16)15/h3-5,9,12,15H,6-7H2,1-2H3/t9-,12-/m0/s1. The quantitative estimate of drug-likeness (QED) is 0.918. The van der Waals surface area contributed by atoms with E-state index < -0.39 is 0 Å². The van der Waals surface area contributed by atoms with Crippen LogP contribution in [-0.4, -0.2) is 54.7 Å². The number of amides is 1. The van der Waals surface area contributed by atoms with Gasteiger partial charge >= 0.3 is 0 Å². The molecule has 1 aromatic carbocycles. The van der Waals surface area contributed by atoms with Crippen LogP contribution in [-0.2, 0) is 4.74 Å². The Hall–Kier alpha value is -1.89. The molecule has 112 valence electrons. The van der Waals surface area contributed by atoms with Gasteiger partial charge in [0.25, 0.3) is 11.9 Å². The minimum absolute atomic E-state index is 0.0527. The van der Waals surface area contributed by atoms with Gasteiger partial charge in [-0.25, -0.2) is 0 Å². The molecule has 2 atom stereocenters. The Morgan fingerprint density at radius 3 is 2.81 bits per heavy atom. The number of thioether (sulfide) groups is 1. The van der Waals surface area contributed by atoms with Gasteiger partial charge < -0.3 is 14.2 Å². The molecular formula is C14H16N2O4S. The number of fused-ring (bicyclic) bond motifs is 1. The minimum Gasteiger partial charge on any atom is -0.493 e. The summed E-state index contributed by atoms with van der Waals surface area (Å²) in [6.07, 6.45) is -0.0633. The van der Waals surface area contributed by atoms with Crippen molar-refractivity contribution in [1.82, 2.24) is 4.90 Å². The number of amidine groups is 1. The van der Waals surface area contributed by atoms with Crippen molar-refractivity contribution in [1.29, 1.82) is 5.41 Å². The van der Waals surface area contributed by atoms with Crippen LogP contribution in [0.3, 0.4) is 0 Å². The fraction of sp³-hybridized carbons (Fsp3) is 0.429. The van der Waals surface area contributed by atoms with Crippen LogP contribution < -0.4 is 9.47 Å². The molecule has 0 bridgehead atoms. The highest BCUT2D eigenvalue weighted by Crippen LogP contribution is 2.34. The molecule has 0 spiro atoms. The van der Waals surface area contributed by atoms with Gasteiger partial charge in [-0.2, -0.15) is 11.8 Å². The number of hydrogen-bond acceptors (Lipinski definition) is 6. The van der Waals surface area contributed by atoms with Crippen molar-refractivity contribution in [3.63, 3.8) is 0 Å². The second kappa shape index (κ2) is 5.48. The first-order valence-corrected chi connectivity index (χ1v) is 7.69. The maximum absolute atomic E-state index is 12.7. The van der Waals surface area contributed by atoms with Gasteiger partial charge in [0.1, 0.15) is 6.10 Å². The molecule has 2 aliphatic rings. The number of nitrogens with one attached hydrogen (secondary N) is 1. The van der Waals surface area contributed by atoms with Crippen LogP contribution in [0.25, 0.3) is 0 Å². The maximum atomic E-state index is 12.7. The first-order chi connectivity index (χ1) is 10.2.